The fraction of sp³-hybridized carbons (Fsp3) is 0.294. The van der Waals surface area contributed by atoms with Crippen molar-refractivity contribution >= 4 is 23.2 Å². The van der Waals surface area contributed by atoms with Crippen LogP contribution in [0.1, 0.15) is 29.7 Å². The van der Waals surface area contributed by atoms with Gasteiger partial charge >= 0.3 is 0 Å². The van der Waals surface area contributed by atoms with Crippen LogP contribution in [-0.4, -0.2) is 6.54 Å². The van der Waals surface area contributed by atoms with E-state index in [4.69, 9.17) is 23.2 Å². The van der Waals surface area contributed by atoms with Gasteiger partial charge in [0, 0.05) is 16.1 Å². The summed E-state index contributed by atoms with van der Waals surface area (Å²) in [7, 11) is 0. The predicted molar refractivity (Wildman–Crippen MR) is 87.7 cm³/mol. The quantitative estimate of drug-likeness (QED) is 0.782. The molecule has 0 amide bonds. The molecule has 0 aliphatic heterocycles. The summed E-state index contributed by atoms with van der Waals surface area (Å²) < 4.78 is 13.4. The molecule has 0 heterocycles. The first-order valence-electron chi connectivity index (χ1n) is 6.94. The number of aryl methyl sites for hydroxylation is 1. The van der Waals surface area contributed by atoms with Crippen LogP contribution in [0.4, 0.5) is 4.39 Å². The van der Waals surface area contributed by atoms with Crippen molar-refractivity contribution in [2.45, 2.75) is 26.3 Å². The van der Waals surface area contributed by atoms with Gasteiger partial charge in [-0.2, -0.15) is 0 Å². The fourth-order valence-electron chi connectivity index (χ4n) is 2.44. The van der Waals surface area contributed by atoms with E-state index in [1.54, 1.807) is 6.07 Å². The molecule has 1 unspecified atom stereocenters. The highest BCUT2D eigenvalue weighted by atomic mass is 35.5. The molecular weight excluding hydrogens is 308 g/mol. The van der Waals surface area contributed by atoms with Crippen molar-refractivity contribution in [3.63, 3.8) is 0 Å². The smallest absolute Gasteiger partial charge is 0.123 e. The Kier molecular flexibility index (Phi) is 5.63. The molecule has 0 bridgehead atoms. The summed E-state index contributed by atoms with van der Waals surface area (Å²) >= 11 is 12.3. The maximum absolute atomic E-state index is 13.4. The Hall–Kier alpha value is -1.09. The molecule has 4 heteroatoms. The highest BCUT2D eigenvalue weighted by Gasteiger charge is 2.14. The van der Waals surface area contributed by atoms with Gasteiger partial charge in [-0.05, 0) is 66.9 Å². The van der Waals surface area contributed by atoms with Gasteiger partial charge in [0.25, 0.3) is 0 Å². The summed E-state index contributed by atoms with van der Waals surface area (Å²) in [6.07, 6.45) is 0.615. The Morgan fingerprint density at radius 2 is 1.90 bits per heavy atom. The summed E-state index contributed by atoms with van der Waals surface area (Å²) in [5.74, 6) is -0.271. The lowest BCUT2D eigenvalue weighted by Gasteiger charge is -2.20. The topological polar surface area (TPSA) is 12.0 Å². The Morgan fingerprint density at radius 3 is 2.57 bits per heavy atom. The van der Waals surface area contributed by atoms with Gasteiger partial charge in [-0.3, -0.25) is 0 Å². The molecule has 2 aromatic carbocycles. The molecule has 0 saturated carbocycles. The van der Waals surface area contributed by atoms with Crippen LogP contribution in [0, 0.1) is 12.7 Å². The van der Waals surface area contributed by atoms with Crippen LogP contribution in [-0.2, 0) is 6.42 Å². The number of rotatable bonds is 5. The first kappa shape index (κ1) is 16.3. The Labute approximate surface area is 135 Å². The maximum atomic E-state index is 13.4. The standard InChI is InChI=1S/C17H18Cl2FN/c1-3-21-17(13-6-11(2)7-14(18)8-13)10-12-9-15(20)4-5-16(12)19/h4-9,17,21H,3,10H2,1-2H3. The Balaban J connectivity index is 2.32. The number of hydrogen-bond donors (Lipinski definition) is 1. The third kappa shape index (κ3) is 4.44. The van der Waals surface area contributed by atoms with Gasteiger partial charge < -0.3 is 5.32 Å². The average molecular weight is 326 g/mol. The van der Waals surface area contributed by atoms with E-state index in [-0.39, 0.29) is 11.9 Å². The predicted octanol–water partition coefficient (Wildman–Crippen LogP) is 5.33. The first-order valence-corrected chi connectivity index (χ1v) is 7.69. The molecule has 1 N–H and O–H groups in total. The van der Waals surface area contributed by atoms with E-state index in [1.165, 1.54) is 12.1 Å². The van der Waals surface area contributed by atoms with Crippen molar-refractivity contribution < 1.29 is 4.39 Å². The molecule has 0 fully saturated rings. The lowest BCUT2D eigenvalue weighted by atomic mass is 9.97. The molecule has 2 rings (SSSR count). The SMILES string of the molecule is CCNC(Cc1cc(F)ccc1Cl)c1cc(C)cc(Cl)c1. The van der Waals surface area contributed by atoms with E-state index in [1.807, 2.05) is 26.0 Å². The molecular formula is C17H18Cl2FN. The molecule has 0 aromatic heterocycles. The second kappa shape index (κ2) is 7.26. The van der Waals surface area contributed by atoms with Gasteiger partial charge in [0.15, 0.2) is 0 Å². The molecule has 0 aliphatic carbocycles. The van der Waals surface area contributed by atoms with E-state index in [0.29, 0.717) is 16.5 Å². The van der Waals surface area contributed by atoms with Crippen LogP contribution in [0.25, 0.3) is 0 Å². The molecule has 0 radical (unpaired) electrons. The molecule has 0 spiro atoms. The monoisotopic (exact) mass is 325 g/mol. The van der Waals surface area contributed by atoms with Gasteiger partial charge in [-0.1, -0.05) is 36.2 Å². The van der Waals surface area contributed by atoms with Crippen molar-refractivity contribution in [1.29, 1.82) is 0 Å². The van der Waals surface area contributed by atoms with Crippen molar-refractivity contribution in [2.75, 3.05) is 6.54 Å². The zero-order valence-corrected chi connectivity index (χ0v) is 13.6. The third-order valence-electron chi connectivity index (χ3n) is 3.35. The van der Waals surface area contributed by atoms with E-state index in [0.717, 1.165) is 23.2 Å². The lowest BCUT2D eigenvalue weighted by molar-refractivity contribution is 0.546. The van der Waals surface area contributed by atoms with Crippen molar-refractivity contribution in [2.24, 2.45) is 0 Å². The first-order chi connectivity index (χ1) is 9.99. The van der Waals surface area contributed by atoms with E-state index >= 15 is 0 Å². The normalized spacial score (nSPS) is 12.4. The number of nitrogens with one attached hydrogen (secondary N) is 1. The fourth-order valence-corrected chi connectivity index (χ4v) is 2.93. The van der Waals surface area contributed by atoms with Crippen LogP contribution in [0.15, 0.2) is 36.4 Å². The minimum atomic E-state index is -0.271. The molecule has 1 nitrogen and oxygen atoms in total. The molecule has 0 saturated heterocycles. The number of likely N-dealkylation sites (N-methyl/N-ethyl adjacent to an activating group) is 1. The van der Waals surface area contributed by atoms with Gasteiger partial charge in [-0.15, -0.1) is 0 Å². The van der Waals surface area contributed by atoms with Crippen LogP contribution in [0.5, 0.6) is 0 Å². The molecule has 2 aromatic rings. The highest BCUT2D eigenvalue weighted by molar-refractivity contribution is 6.31. The maximum Gasteiger partial charge on any atom is 0.123 e. The zero-order chi connectivity index (χ0) is 15.4. The zero-order valence-electron chi connectivity index (χ0n) is 12.1. The van der Waals surface area contributed by atoms with E-state index in [2.05, 4.69) is 11.4 Å². The van der Waals surface area contributed by atoms with Gasteiger partial charge in [0.05, 0.1) is 0 Å². The minimum Gasteiger partial charge on any atom is -0.310 e. The van der Waals surface area contributed by atoms with Crippen LogP contribution in [0.2, 0.25) is 10.0 Å². The summed E-state index contributed by atoms with van der Waals surface area (Å²) in [6.45, 7) is 4.86. The van der Waals surface area contributed by atoms with E-state index in [9.17, 15) is 4.39 Å². The summed E-state index contributed by atoms with van der Waals surface area (Å²) in [6, 6.07) is 10.5. The second-order valence-electron chi connectivity index (χ2n) is 5.11. The number of hydrogen-bond acceptors (Lipinski definition) is 1. The van der Waals surface area contributed by atoms with Gasteiger partial charge in [0.2, 0.25) is 0 Å². The molecule has 112 valence electrons. The summed E-state index contributed by atoms with van der Waals surface area (Å²) in [4.78, 5) is 0. The lowest BCUT2D eigenvalue weighted by Crippen LogP contribution is -2.23. The average Bonchev–Trinajstić information content (AvgIpc) is 2.41. The largest absolute Gasteiger partial charge is 0.310 e. The van der Waals surface area contributed by atoms with Crippen LogP contribution >= 0.6 is 23.2 Å². The molecule has 0 aliphatic rings. The van der Waals surface area contributed by atoms with Crippen molar-refractivity contribution in [1.82, 2.24) is 5.32 Å². The van der Waals surface area contributed by atoms with Gasteiger partial charge in [-0.25, -0.2) is 4.39 Å². The van der Waals surface area contributed by atoms with Crippen molar-refractivity contribution in [3.8, 4) is 0 Å². The number of benzene rings is 2. The minimum absolute atomic E-state index is 0.0479. The summed E-state index contributed by atoms with van der Waals surface area (Å²) in [5, 5.41) is 4.70. The molecule has 21 heavy (non-hydrogen) atoms. The summed E-state index contributed by atoms with van der Waals surface area (Å²) in [5.41, 5.74) is 2.98. The number of halogens is 3. The Morgan fingerprint density at radius 1 is 1.14 bits per heavy atom. The highest BCUT2D eigenvalue weighted by Crippen LogP contribution is 2.27. The van der Waals surface area contributed by atoms with E-state index < -0.39 is 0 Å². The van der Waals surface area contributed by atoms with Crippen LogP contribution < -0.4 is 5.32 Å². The van der Waals surface area contributed by atoms with Crippen LogP contribution in [0.3, 0.4) is 0 Å². The molecule has 1 atom stereocenters. The van der Waals surface area contributed by atoms with Crippen molar-refractivity contribution in [3.05, 3.63) is 69.0 Å². The third-order valence-corrected chi connectivity index (χ3v) is 3.94. The Bertz CT molecular complexity index is 608. The van der Waals surface area contributed by atoms with Gasteiger partial charge in [0.1, 0.15) is 5.82 Å². The second-order valence-corrected chi connectivity index (χ2v) is 5.96.